The molecule has 5 heteroatoms. The molecule has 0 bridgehead atoms. The van der Waals surface area contributed by atoms with E-state index in [1.807, 2.05) is 20.9 Å². The Morgan fingerprint density at radius 1 is 1.37 bits per heavy atom. The van der Waals surface area contributed by atoms with E-state index < -0.39 is 5.92 Å². The molecule has 1 saturated carbocycles. The van der Waals surface area contributed by atoms with Gasteiger partial charge in [-0.15, -0.1) is 0 Å². The minimum Gasteiger partial charge on any atom is -0.306 e. The van der Waals surface area contributed by atoms with E-state index in [4.69, 9.17) is 0 Å². The average molecular weight is 271 g/mol. The first kappa shape index (κ1) is 14.4. The van der Waals surface area contributed by atoms with Crippen LogP contribution in [0.25, 0.3) is 0 Å². The second-order valence-electron chi connectivity index (χ2n) is 5.77. The van der Waals surface area contributed by atoms with Crippen LogP contribution >= 0.6 is 0 Å². The molecule has 3 nitrogen and oxygen atoms in total. The van der Waals surface area contributed by atoms with Crippen LogP contribution in [0, 0.1) is 19.8 Å². The molecule has 0 saturated heterocycles. The Balaban J connectivity index is 1.63. The maximum absolute atomic E-state index is 12.7. The maximum atomic E-state index is 12.7. The van der Waals surface area contributed by atoms with E-state index in [-0.39, 0.29) is 12.3 Å². The minimum atomic E-state index is -2.37. The molecule has 1 heterocycles. The summed E-state index contributed by atoms with van der Waals surface area (Å²) in [5, 5.41) is 7.16. The van der Waals surface area contributed by atoms with E-state index in [1.54, 1.807) is 0 Å². The molecular weight excluding hydrogens is 248 g/mol. The Bertz CT molecular complexity index is 409. The van der Waals surface area contributed by atoms with Crippen molar-refractivity contribution in [2.45, 2.75) is 45.5 Å². The van der Waals surface area contributed by atoms with Crippen LogP contribution in [-0.2, 0) is 6.42 Å². The molecule has 1 N–H and O–H groups in total. The molecule has 19 heavy (non-hydrogen) atoms. The van der Waals surface area contributed by atoms with Gasteiger partial charge in [0.2, 0.25) is 0 Å². The van der Waals surface area contributed by atoms with Gasteiger partial charge in [-0.05, 0) is 58.8 Å². The van der Waals surface area contributed by atoms with E-state index in [1.165, 1.54) is 5.56 Å². The third kappa shape index (κ3) is 3.75. The van der Waals surface area contributed by atoms with Crippen molar-refractivity contribution in [2.24, 2.45) is 5.92 Å². The third-order valence-electron chi connectivity index (χ3n) is 4.06. The largest absolute Gasteiger partial charge is 0.306 e. The summed E-state index contributed by atoms with van der Waals surface area (Å²) >= 11 is 0. The van der Waals surface area contributed by atoms with Gasteiger partial charge < -0.3 is 4.90 Å². The van der Waals surface area contributed by atoms with E-state index in [0.29, 0.717) is 6.42 Å². The van der Waals surface area contributed by atoms with E-state index in [0.717, 1.165) is 37.3 Å². The number of aromatic amines is 1. The van der Waals surface area contributed by atoms with Crippen molar-refractivity contribution in [3.63, 3.8) is 0 Å². The number of aryl methyl sites for hydroxylation is 2. The number of nitrogens with zero attached hydrogens (tertiary/aromatic N) is 2. The van der Waals surface area contributed by atoms with E-state index in [9.17, 15) is 8.78 Å². The normalized spacial score (nSPS) is 21.1. The lowest BCUT2D eigenvalue weighted by Crippen LogP contribution is -2.22. The van der Waals surface area contributed by atoms with E-state index in [2.05, 4.69) is 15.1 Å². The fourth-order valence-electron chi connectivity index (χ4n) is 2.54. The van der Waals surface area contributed by atoms with Crippen molar-refractivity contribution in [1.82, 2.24) is 15.1 Å². The van der Waals surface area contributed by atoms with Crippen LogP contribution in [0.1, 0.15) is 36.2 Å². The Morgan fingerprint density at radius 3 is 2.58 bits per heavy atom. The highest BCUT2D eigenvalue weighted by molar-refractivity contribution is 5.23. The molecule has 1 aromatic rings. The Hall–Kier alpha value is -0.970. The molecule has 2 rings (SSSR count). The van der Waals surface area contributed by atoms with Gasteiger partial charge in [0.25, 0.3) is 5.92 Å². The average Bonchev–Trinajstić information content (AvgIpc) is 2.84. The van der Waals surface area contributed by atoms with Crippen molar-refractivity contribution in [2.75, 3.05) is 20.1 Å². The number of hydrogen-bond donors (Lipinski definition) is 1. The van der Waals surface area contributed by atoms with Gasteiger partial charge in [-0.1, -0.05) is 0 Å². The standard InChI is InChI=1S/C14H23F2N3/c1-10-13(11(2)18-17-10)5-4-7-19(3)8-6-12-9-14(12,15)16/h12H,4-9H2,1-3H3,(H,17,18)/t12-/m0/s1. The smallest absolute Gasteiger partial charge is 0.251 e. The minimum absolute atomic E-state index is 0.0915. The van der Waals surface area contributed by atoms with Crippen molar-refractivity contribution in [3.05, 3.63) is 17.0 Å². The van der Waals surface area contributed by atoms with Gasteiger partial charge in [0, 0.05) is 18.0 Å². The zero-order chi connectivity index (χ0) is 14.0. The van der Waals surface area contributed by atoms with Crippen molar-refractivity contribution >= 4 is 0 Å². The van der Waals surface area contributed by atoms with Crippen LogP contribution in [0.3, 0.4) is 0 Å². The van der Waals surface area contributed by atoms with Crippen LogP contribution in [0.2, 0.25) is 0 Å². The molecule has 0 spiro atoms. The number of rotatable bonds is 7. The SMILES string of the molecule is Cc1n[nH]c(C)c1CCCN(C)CC[C@H]1CC1(F)F. The number of nitrogens with one attached hydrogen (secondary N) is 1. The van der Waals surface area contributed by atoms with Crippen molar-refractivity contribution < 1.29 is 8.78 Å². The molecule has 0 aromatic carbocycles. The van der Waals surface area contributed by atoms with Crippen LogP contribution in [0.4, 0.5) is 8.78 Å². The fourth-order valence-corrected chi connectivity index (χ4v) is 2.54. The lowest BCUT2D eigenvalue weighted by atomic mass is 10.1. The van der Waals surface area contributed by atoms with E-state index >= 15 is 0 Å². The van der Waals surface area contributed by atoms with Gasteiger partial charge in [-0.2, -0.15) is 5.10 Å². The first-order valence-corrected chi connectivity index (χ1v) is 6.97. The summed E-state index contributed by atoms with van der Waals surface area (Å²) in [7, 11) is 2.01. The van der Waals surface area contributed by atoms with Gasteiger partial charge in [0.15, 0.2) is 0 Å². The van der Waals surface area contributed by atoms with Crippen molar-refractivity contribution in [3.8, 4) is 0 Å². The predicted molar refractivity (Wildman–Crippen MR) is 71.6 cm³/mol. The maximum Gasteiger partial charge on any atom is 0.251 e. The summed E-state index contributed by atoms with van der Waals surface area (Å²) in [6.07, 6.45) is 2.75. The molecule has 0 radical (unpaired) electrons. The quantitative estimate of drug-likeness (QED) is 0.827. The first-order chi connectivity index (χ1) is 8.90. The lowest BCUT2D eigenvalue weighted by Gasteiger charge is -2.16. The molecule has 0 unspecified atom stereocenters. The number of hydrogen-bond acceptors (Lipinski definition) is 2. The summed E-state index contributed by atoms with van der Waals surface area (Å²) in [6, 6.07) is 0. The zero-order valence-corrected chi connectivity index (χ0v) is 12.0. The third-order valence-corrected chi connectivity index (χ3v) is 4.06. The number of aromatic nitrogens is 2. The topological polar surface area (TPSA) is 31.9 Å². The summed E-state index contributed by atoms with van der Waals surface area (Å²) < 4.78 is 25.5. The molecule has 0 aliphatic heterocycles. The van der Waals surface area contributed by atoms with Gasteiger partial charge in [0.05, 0.1) is 5.69 Å². The second-order valence-corrected chi connectivity index (χ2v) is 5.77. The van der Waals surface area contributed by atoms with Gasteiger partial charge in [0.1, 0.15) is 0 Å². The summed E-state index contributed by atoms with van der Waals surface area (Å²) in [5.41, 5.74) is 3.50. The summed E-state index contributed by atoms with van der Waals surface area (Å²) in [4.78, 5) is 2.15. The molecule has 1 aliphatic carbocycles. The van der Waals surface area contributed by atoms with Crippen LogP contribution in [0.5, 0.6) is 0 Å². The van der Waals surface area contributed by atoms with Gasteiger partial charge in [-0.3, -0.25) is 5.10 Å². The highest BCUT2D eigenvalue weighted by Gasteiger charge is 2.55. The molecule has 0 amide bonds. The predicted octanol–water partition coefficient (Wildman–Crippen LogP) is 2.94. The lowest BCUT2D eigenvalue weighted by molar-refractivity contribution is 0.0945. The number of halogens is 2. The Morgan fingerprint density at radius 2 is 2.05 bits per heavy atom. The van der Waals surface area contributed by atoms with Crippen LogP contribution in [0.15, 0.2) is 0 Å². The molecule has 108 valence electrons. The molecule has 1 atom stereocenters. The highest BCUT2D eigenvalue weighted by atomic mass is 19.3. The fraction of sp³-hybridized carbons (Fsp3) is 0.786. The monoisotopic (exact) mass is 271 g/mol. The zero-order valence-electron chi connectivity index (χ0n) is 12.0. The summed E-state index contributed by atoms with van der Waals surface area (Å²) in [6.45, 7) is 5.76. The Labute approximate surface area is 113 Å². The van der Waals surface area contributed by atoms with Crippen LogP contribution < -0.4 is 0 Å². The molecule has 1 fully saturated rings. The van der Waals surface area contributed by atoms with Gasteiger partial charge >= 0.3 is 0 Å². The Kier molecular flexibility index (Phi) is 4.23. The molecule has 1 aliphatic rings. The second kappa shape index (κ2) is 5.57. The molecule has 1 aromatic heterocycles. The summed E-state index contributed by atoms with van der Waals surface area (Å²) in [5.74, 6) is -2.74. The molecular formula is C14H23F2N3. The van der Waals surface area contributed by atoms with Crippen molar-refractivity contribution in [1.29, 1.82) is 0 Å². The van der Waals surface area contributed by atoms with Crippen LogP contribution in [-0.4, -0.2) is 41.2 Å². The number of alkyl halides is 2. The number of H-pyrrole nitrogens is 1. The van der Waals surface area contributed by atoms with Gasteiger partial charge in [-0.25, -0.2) is 8.78 Å². The highest BCUT2D eigenvalue weighted by Crippen LogP contribution is 2.50. The first-order valence-electron chi connectivity index (χ1n) is 6.97.